The molecule has 1 N–H and O–H groups in total. The van der Waals surface area contributed by atoms with Crippen LogP contribution in [0.1, 0.15) is 24.1 Å². The zero-order chi connectivity index (χ0) is 24.4. The highest BCUT2D eigenvalue weighted by Gasteiger charge is 2.48. The summed E-state index contributed by atoms with van der Waals surface area (Å²) >= 11 is 0. The molecule has 0 bridgehead atoms. The molecule has 34 heavy (non-hydrogen) atoms. The largest absolute Gasteiger partial charge is 0.507 e. The van der Waals surface area contributed by atoms with Gasteiger partial charge in [-0.15, -0.1) is 0 Å². The highest BCUT2D eigenvalue weighted by Crippen LogP contribution is 2.44. The molecule has 1 amide bonds. The molecule has 0 radical (unpaired) electrons. The van der Waals surface area contributed by atoms with Crippen LogP contribution in [-0.2, 0) is 9.59 Å². The fourth-order valence-corrected chi connectivity index (χ4v) is 3.96. The molecule has 1 heterocycles. The van der Waals surface area contributed by atoms with E-state index in [2.05, 4.69) is 0 Å². The van der Waals surface area contributed by atoms with Gasteiger partial charge in [0, 0.05) is 11.6 Å². The number of ketones is 1. The first-order valence-corrected chi connectivity index (χ1v) is 10.5. The Morgan fingerprint density at radius 2 is 1.74 bits per heavy atom. The predicted octanol–water partition coefficient (Wildman–Crippen LogP) is 5.00. The fraction of sp³-hybridized carbons (Fsp3) is 0.154. The highest BCUT2D eigenvalue weighted by molar-refractivity contribution is 6.51. The summed E-state index contributed by atoms with van der Waals surface area (Å²) in [4.78, 5) is 27.2. The first-order valence-electron chi connectivity index (χ1n) is 10.5. The van der Waals surface area contributed by atoms with E-state index in [4.69, 9.17) is 9.47 Å². The van der Waals surface area contributed by atoms with Gasteiger partial charge in [-0.05, 0) is 36.8 Å². The van der Waals surface area contributed by atoms with Crippen LogP contribution in [0.4, 0.5) is 14.5 Å². The second-order valence-electron chi connectivity index (χ2n) is 7.47. The Morgan fingerprint density at radius 1 is 1.00 bits per heavy atom. The normalized spacial score (nSPS) is 17.2. The van der Waals surface area contributed by atoms with Crippen molar-refractivity contribution in [1.29, 1.82) is 0 Å². The molecule has 174 valence electrons. The van der Waals surface area contributed by atoms with Gasteiger partial charge in [0.15, 0.2) is 11.5 Å². The maximum Gasteiger partial charge on any atom is 0.300 e. The molecular formula is C26H21F2NO5. The van der Waals surface area contributed by atoms with Crippen LogP contribution >= 0.6 is 0 Å². The molecule has 1 aliphatic heterocycles. The van der Waals surface area contributed by atoms with Crippen LogP contribution in [0.3, 0.4) is 0 Å². The summed E-state index contributed by atoms with van der Waals surface area (Å²) in [6.07, 6.45) is 0. The maximum absolute atomic E-state index is 14.8. The second-order valence-corrected chi connectivity index (χ2v) is 7.47. The Bertz CT molecular complexity index is 1290. The third kappa shape index (κ3) is 3.98. The van der Waals surface area contributed by atoms with Crippen LogP contribution in [-0.4, -0.2) is 30.5 Å². The van der Waals surface area contributed by atoms with Gasteiger partial charge in [-0.2, -0.15) is 0 Å². The minimum atomic E-state index is -1.20. The van der Waals surface area contributed by atoms with Crippen LogP contribution in [0.2, 0.25) is 0 Å². The van der Waals surface area contributed by atoms with Crippen molar-refractivity contribution < 1.29 is 33.0 Å². The molecule has 3 aromatic rings. The van der Waals surface area contributed by atoms with Crippen molar-refractivity contribution in [2.24, 2.45) is 0 Å². The molecule has 8 heteroatoms. The number of rotatable bonds is 6. The zero-order valence-electron chi connectivity index (χ0n) is 18.4. The number of aliphatic hydroxyl groups excluding tert-OH is 1. The van der Waals surface area contributed by atoms with E-state index >= 15 is 0 Å². The number of methoxy groups -OCH3 is 1. The van der Waals surface area contributed by atoms with Crippen LogP contribution in [0.15, 0.2) is 72.3 Å². The molecule has 3 aromatic carbocycles. The molecule has 1 atom stereocenters. The van der Waals surface area contributed by atoms with Crippen LogP contribution < -0.4 is 14.4 Å². The van der Waals surface area contributed by atoms with E-state index in [0.717, 1.165) is 17.0 Å². The van der Waals surface area contributed by atoms with E-state index in [1.54, 1.807) is 55.5 Å². The van der Waals surface area contributed by atoms with Gasteiger partial charge >= 0.3 is 0 Å². The van der Waals surface area contributed by atoms with Crippen molar-refractivity contribution in [3.05, 3.63) is 95.1 Å². The number of halogens is 2. The minimum absolute atomic E-state index is 0.229. The molecule has 0 saturated carbocycles. The number of benzene rings is 3. The second kappa shape index (κ2) is 9.35. The fourth-order valence-electron chi connectivity index (χ4n) is 3.96. The number of ether oxygens (including phenoxy) is 2. The molecule has 0 spiro atoms. The van der Waals surface area contributed by atoms with E-state index in [1.165, 1.54) is 7.11 Å². The van der Waals surface area contributed by atoms with Gasteiger partial charge in [-0.25, -0.2) is 8.78 Å². The zero-order valence-corrected chi connectivity index (χ0v) is 18.4. The van der Waals surface area contributed by atoms with Crippen molar-refractivity contribution in [3.8, 4) is 11.5 Å². The number of aliphatic hydroxyl groups is 1. The van der Waals surface area contributed by atoms with Crippen molar-refractivity contribution in [2.75, 3.05) is 18.6 Å². The molecule has 0 aliphatic carbocycles. The quantitative estimate of drug-likeness (QED) is 0.315. The number of carbonyl (C=O) groups excluding carboxylic acids is 2. The van der Waals surface area contributed by atoms with Gasteiger partial charge in [0.2, 0.25) is 0 Å². The lowest BCUT2D eigenvalue weighted by Crippen LogP contribution is -2.30. The Kier molecular flexibility index (Phi) is 6.32. The monoisotopic (exact) mass is 465 g/mol. The number of amides is 1. The third-order valence-electron chi connectivity index (χ3n) is 5.46. The number of hydrogen-bond acceptors (Lipinski definition) is 5. The van der Waals surface area contributed by atoms with Gasteiger partial charge in [-0.3, -0.25) is 14.5 Å². The number of hydrogen-bond donors (Lipinski definition) is 1. The summed E-state index contributed by atoms with van der Waals surface area (Å²) in [5.74, 6) is -3.56. The average molecular weight is 465 g/mol. The number of carbonyl (C=O) groups is 2. The summed E-state index contributed by atoms with van der Waals surface area (Å²) in [6, 6.07) is 14.5. The van der Waals surface area contributed by atoms with E-state index in [-0.39, 0.29) is 11.3 Å². The molecule has 0 aromatic heterocycles. The lowest BCUT2D eigenvalue weighted by molar-refractivity contribution is -0.132. The summed E-state index contributed by atoms with van der Waals surface area (Å²) in [7, 11) is 1.47. The Hall–Kier alpha value is -4.20. The topological polar surface area (TPSA) is 76.1 Å². The van der Waals surface area contributed by atoms with Gasteiger partial charge in [0.05, 0.1) is 31.0 Å². The molecule has 4 rings (SSSR count). The minimum Gasteiger partial charge on any atom is -0.507 e. The van der Waals surface area contributed by atoms with Crippen molar-refractivity contribution in [1.82, 2.24) is 0 Å². The Labute approximate surface area is 194 Å². The highest BCUT2D eigenvalue weighted by atomic mass is 19.1. The van der Waals surface area contributed by atoms with Crippen molar-refractivity contribution in [3.63, 3.8) is 0 Å². The van der Waals surface area contributed by atoms with Gasteiger partial charge in [0.25, 0.3) is 11.7 Å². The van der Waals surface area contributed by atoms with E-state index in [1.807, 2.05) is 0 Å². The average Bonchev–Trinajstić information content (AvgIpc) is 3.10. The lowest BCUT2D eigenvalue weighted by atomic mass is 9.94. The summed E-state index contributed by atoms with van der Waals surface area (Å²) < 4.78 is 39.3. The molecule has 1 fully saturated rings. The Balaban J connectivity index is 1.98. The number of nitrogens with zero attached hydrogens (tertiary/aromatic N) is 1. The van der Waals surface area contributed by atoms with E-state index in [0.29, 0.717) is 35.3 Å². The maximum atomic E-state index is 14.8. The summed E-state index contributed by atoms with van der Waals surface area (Å²) in [5.41, 5.74) is 0.148. The third-order valence-corrected chi connectivity index (χ3v) is 5.46. The van der Waals surface area contributed by atoms with Gasteiger partial charge in [-0.1, -0.05) is 36.4 Å². The van der Waals surface area contributed by atoms with E-state index < -0.39 is 35.1 Å². The molecule has 1 unspecified atom stereocenters. The SMILES string of the molecule is CCOc1cc(C2/C(=C(\O)c3ccccc3)C(=O)C(=O)N2c2ccc(F)cc2F)ccc1OC. The van der Waals surface area contributed by atoms with Crippen molar-refractivity contribution in [2.45, 2.75) is 13.0 Å². The smallest absolute Gasteiger partial charge is 0.300 e. The Morgan fingerprint density at radius 3 is 2.38 bits per heavy atom. The van der Waals surface area contributed by atoms with Crippen LogP contribution in [0.25, 0.3) is 5.76 Å². The standard InChI is InChI=1S/C26H21F2NO5/c1-3-34-21-13-16(9-12-20(21)33-2)23-22(24(30)15-7-5-4-6-8-15)25(31)26(32)29(23)19-11-10-17(27)14-18(19)28/h4-14,23,30H,3H2,1-2H3/b24-22+. The van der Waals surface area contributed by atoms with E-state index in [9.17, 15) is 23.5 Å². The number of Topliss-reactive ketones (excluding diaryl/α,β-unsaturated/α-hetero) is 1. The molecule has 6 nitrogen and oxygen atoms in total. The molecule has 1 aliphatic rings. The molecule has 1 saturated heterocycles. The summed E-state index contributed by atoms with van der Waals surface area (Å²) in [6.45, 7) is 2.10. The molecular weight excluding hydrogens is 444 g/mol. The van der Waals surface area contributed by atoms with Gasteiger partial charge in [0.1, 0.15) is 17.4 Å². The van der Waals surface area contributed by atoms with Crippen LogP contribution in [0, 0.1) is 11.6 Å². The lowest BCUT2D eigenvalue weighted by Gasteiger charge is -2.26. The van der Waals surface area contributed by atoms with Crippen molar-refractivity contribution >= 4 is 23.1 Å². The first-order chi connectivity index (χ1) is 16.4. The number of anilines is 1. The van der Waals surface area contributed by atoms with Gasteiger partial charge < -0.3 is 14.6 Å². The first kappa shape index (κ1) is 23.0. The summed E-state index contributed by atoms with van der Waals surface area (Å²) in [5, 5.41) is 11.1. The van der Waals surface area contributed by atoms with Crippen LogP contribution in [0.5, 0.6) is 11.5 Å². The predicted molar refractivity (Wildman–Crippen MR) is 122 cm³/mol.